The summed E-state index contributed by atoms with van der Waals surface area (Å²) < 4.78 is 71.6. The van der Waals surface area contributed by atoms with Crippen molar-refractivity contribution in [2.75, 3.05) is 0 Å². The van der Waals surface area contributed by atoms with E-state index in [-0.39, 0.29) is 5.56 Å². The average molecular weight is 250 g/mol. The quantitative estimate of drug-likeness (QED) is 0.562. The number of rotatable bonds is 1. The van der Waals surface area contributed by atoms with Gasteiger partial charge in [-0.15, -0.1) is 13.2 Å². The highest BCUT2D eigenvalue weighted by molar-refractivity contribution is 8.00. The minimum absolute atomic E-state index is 0.172. The van der Waals surface area contributed by atoms with Crippen molar-refractivity contribution in [3.63, 3.8) is 0 Å². The van der Waals surface area contributed by atoms with Crippen LogP contribution in [-0.2, 0) is 6.30 Å². The molecule has 0 saturated heterocycles. The molecule has 2 nitrogen and oxygen atoms in total. The number of hydrogen-bond acceptors (Lipinski definition) is 2. The van der Waals surface area contributed by atoms with Gasteiger partial charge in [-0.2, -0.15) is 23.0 Å². The third kappa shape index (κ3) is 3.05. The zero-order valence-electron chi connectivity index (χ0n) is 7.15. The molecule has 1 rings (SSSR count). The molecule has 0 spiro atoms. The minimum Gasteiger partial charge on any atom is -0.173 e. The Morgan fingerprint density at radius 3 is 2.13 bits per heavy atom. The lowest BCUT2D eigenvalue weighted by molar-refractivity contribution is -0.218. The summed E-state index contributed by atoms with van der Waals surface area (Å²) in [6, 6.07) is 0. The van der Waals surface area contributed by atoms with Gasteiger partial charge >= 0.3 is 11.8 Å². The third-order valence-corrected chi connectivity index (χ3v) is 2.27. The number of alkyl halides is 6. The summed E-state index contributed by atoms with van der Waals surface area (Å²) in [6.07, 6.45) is -4.20. The van der Waals surface area contributed by atoms with Gasteiger partial charge in [-0.05, 0) is 6.92 Å². The van der Waals surface area contributed by atoms with Gasteiger partial charge in [0.2, 0.25) is 0 Å². The first-order valence-electron chi connectivity index (χ1n) is 3.49. The largest absolute Gasteiger partial charge is 0.505 e. The average Bonchev–Trinajstić information content (AvgIpc) is 2.28. The summed E-state index contributed by atoms with van der Waals surface area (Å²) in [7, 11) is 0. The molecule has 0 N–H and O–H groups in total. The van der Waals surface area contributed by atoms with Crippen molar-refractivity contribution in [2.45, 2.75) is 23.8 Å². The maximum atomic E-state index is 12.2. The standard InChI is InChI=1S/C6H4F6N2S/c1-3-2-13-14(5(7,8)9)4(3)15-6(10,11)12/h2H,1H3. The summed E-state index contributed by atoms with van der Waals surface area (Å²) in [5.41, 5.74) is -4.94. The summed E-state index contributed by atoms with van der Waals surface area (Å²) >= 11 is -0.832. The third-order valence-electron chi connectivity index (χ3n) is 1.35. The van der Waals surface area contributed by atoms with Crippen LogP contribution in [0.1, 0.15) is 5.56 Å². The van der Waals surface area contributed by atoms with E-state index in [1.54, 1.807) is 0 Å². The molecular formula is C6H4F6N2S. The number of aryl methyl sites for hydroxylation is 1. The van der Waals surface area contributed by atoms with Crippen LogP contribution in [0.4, 0.5) is 26.3 Å². The zero-order chi connectivity index (χ0) is 11.9. The Morgan fingerprint density at radius 2 is 1.73 bits per heavy atom. The fourth-order valence-electron chi connectivity index (χ4n) is 0.833. The fraction of sp³-hybridized carbons (Fsp3) is 0.500. The molecule has 1 heterocycles. The molecule has 0 aliphatic heterocycles. The van der Waals surface area contributed by atoms with Crippen LogP contribution in [0.3, 0.4) is 0 Å². The van der Waals surface area contributed by atoms with Crippen LogP contribution >= 0.6 is 11.8 Å². The molecule has 9 heteroatoms. The molecule has 15 heavy (non-hydrogen) atoms. The number of halogens is 6. The molecule has 0 saturated carbocycles. The van der Waals surface area contributed by atoms with E-state index >= 15 is 0 Å². The van der Waals surface area contributed by atoms with E-state index in [1.165, 1.54) is 0 Å². The predicted molar refractivity (Wildman–Crippen MR) is 40.2 cm³/mol. The summed E-state index contributed by atoms with van der Waals surface area (Å²) in [6.45, 7) is 1.13. The Hall–Kier alpha value is -0.860. The molecule has 0 aliphatic rings. The van der Waals surface area contributed by atoms with Gasteiger partial charge in [0.25, 0.3) is 0 Å². The lowest BCUT2D eigenvalue weighted by Crippen LogP contribution is -2.20. The van der Waals surface area contributed by atoms with E-state index in [0.717, 1.165) is 13.1 Å². The van der Waals surface area contributed by atoms with Crippen LogP contribution in [-0.4, -0.2) is 15.3 Å². The number of hydrogen-bond donors (Lipinski definition) is 0. The topological polar surface area (TPSA) is 17.8 Å². The predicted octanol–water partition coefficient (Wildman–Crippen LogP) is 3.28. The normalized spacial score (nSPS) is 13.3. The van der Waals surface area contributed by atoms with Gasteiger partial charge in [-0.25, -0.2) is 0 Å². The first-order valence-corrected chi connectivity index (χ1v) is 4.30. The Labute approximate surface area is 84.2 Å². The molecule has 0 aliphatic carbocycles. The van der Waals surface area contributed by atoms with Crippen molar-refractivity contribution in [1.29, 1.82) is 0 Å². The fourth-order valence-corrected chi connectivity index (χ4v) is 1.50. The molecule has 1 aromatic heterocycles. The van der Waals surface area contributed by atoms with Gasteiger partial charge in [-0.1, -0.05) is 0 Å². The lowest BCUT2D eigenvalue weighted by Gasteiger charge is -2.11. The van der Waals surface area contributed by atoms with E-state index in [2.05, 4.69) is 5.10 Å². The van der Waals surface area contributed by atoms with Gasteiger partial charge in [-0.3, -0.25) is 0 Å². The zero-order valence-corrected chi connectivity index (χ0v) is 7.96. The van der Waals surface area contributed by atoms with Crippen molar-refractivity contribution in [2.24, 2.45) is 0 Å². The van der Waals surface area contributed by atoms with Crippen LogP contribution < -0.4 is 0 Å². The van der Waals surface area contributed by atoms with Crippen LogP contribution in [0, 0.1) is 6.92 Å². The second kappa shape index (κ2) is 3.62. The summed E-state index contributed by atoms with van der Waals surface area (Å²) in [5, 5.41) is 1.88. The summed E-state index contributed by atoms with van der Waals surface area (Å²) in [4.78, 5) is 0. The van der Waals surface area contributed by atoms with Gasteiger partial charge in [0.15, 0.2) is 0 Å². The van der Waals surface area contributed by atoms with Crippen LogP contribution in [0.2, 0.25) is 0 Å². The van der Waals surface area contributed by atoms with Gasteiger partial charge in [0, 0.05) is 17.3 Å². The Kier molecular flexibility index (Phi) is 2.94. The summed E-state index contributed by atoms with van der Waals surface area (Å²) in [5.74, 6) is 0. The highest BCUT2D eigenvalue weighted by Crippen LogP contribution is 2.40. The lowest BCUT2D eigenvalue weighted by atomic mass is 10.4. The molecule has 0 aromatic carbocycles. The number of nitrogens with zero attached hydrogens (tertiary/aromatic N) is 2. The van der Waals surface area contributed by atoms with Gasteiger partial charge in [0.05, 0.1) is 6.20 Å². The SMILES string of the molecule is Cc1cnn(C(F)(F)F)c1SC(F)(F)F. The molecule has 0 unspecified atom stereocenters. The van der Waals surface area contributed by atoms with Crippen molar-refractivity contribution in [1.82, 2.24) is 9.78 Å². The molecule has 0 amide bonds. The molecule has 0 radical (unpaired) electrons. The second-order valence-corrected chi connectivity index (χ2v) is 3.61. The van der Waals surface area contributed by atoms with Crippen LogP contribution in [0.15, 0.2) is 11.2 Å². The molecule has 86 valence electrons. The minimum atomic E-state index is -4.94. The highest BCUT2D eigenvalue weighted by Gasteiger charge is 2.39. The van der Waals surface area contributed by atoms with Gasteiger partial charge in [0.1, 0.15) is 5.03 Å². The second-order valence-electron chi connectivity index (χ2n) is 2.56. The molecule has 1 aromatic rings. The van der Waals surface area contributed by atoms with Crippen LogP contribution in [0.25, 0.3) is 0 Å². The van der Waals surface area contributed by atoms with Crippen molar-refractivity contribution >= 4 is 11.8 Å². The maximum absolute atomic E-state index is 12.2. The monoisotopic (exact) mass is 250 g/mol. The van der Waals surface area contributed by atoms with Crippen molar-refractivity contribution in [3.05, 3.63) is 11.8 Å². The molecule has 0 bridgehead atoms. The van der Waals surface area contributed by atoms with E-state index in [1.807, 2.05) is 0 Å². The van der Waals surface area contributed by atoms with E-state index in [9.17, 15) is 26.3 Å². The van der Waals surface area contributed by atoms with Crippen molar-refractivity contribution in [3.8, 4) is 0 Å². The molecular weight excluding hydrogens is 246 g/mol. The maximum Gasteiger partial charge on any atom is 0.505 e. The number of thioether (sulfide) groups is 1. The van der Waals surface area contributed by atoms with E-state index in [4.69, 9.17) is 0 Å². The smallest absolute Gasteiger partial charge is 0.173 e. The van der Waals surface area contributed by atoms with Gasteiger partial charge < -0.3 is 0 Å². The molecule has 0 atom stereocenters. The first-order chi connectivity index (χ1) is 6.61. The van der Waals surface area contributed by atoms with Crippen molar-refractivity contribution < 1.29 is 26.3 Å². The van der Waals surface area contributed by atoms with Crippen LogP contribution in [0.5, 0.6) is 0 Å². The molecule has 0 fully saturated rings. The Bertz CT molecular complexity index is 351. The Balaban J connectivity index is 3.11. The van der Waals surface area contributed by atoms with E-state index in [0.29, 0.717) is 0 Å². The number of aromatic nitrogens is 2. The first kappa shape index (κ1) is 12.2. The van der Waals surface area contributed by atoms with E-state index < -0.39 is 33.3 Å². The Morgan fingerprint density at radius 1 is 1.20 bits per heavy atom. The highest BCUT2D eigenvalue weighted by atomic mass is 32.2.